The van der Waals surface area contributed by atoms with Gasteiger partial charge in [-0.05, 0) is 29.0 Å². The molecule has 138 valence electrons. The van der Waals surface area contributed by atoms with Gasteiger partial charge in [0.05, 0.1) is 29.2 Å². The molecule has 9 nitrogen and oxygen atoms in total. The monoisotopic (exact) mass is 396 g/mol. The molecule has 0 aliphatic carbocycles. The summed E-state index contributed by atoms with van der Waals surface area (Å²) >= 11 is 1.50. The molecule has 0 atom stereocenters. The third kappa shape index (κ3) is 4.07. The fourth-order valence-electron chi connectivity index (χ4n) is 2.38. The second kappa shape index (κ2) is 7.91. The first-order chi connectivity index (χ1) is 12.5. The first-order valence-electron chi connectivity index (χ1n) is 7.66. The van der Waals surface area contributed by atoms with Gasteiger partial charge in [0.15, 0.2) is 0 Å². The molecule has 0 unspecified atom stereocenters. The third-order valence-electron chi connectivity index (χ3n) is 3.72. The first-order valence-corrected chi connectivity index (χ1v) is 10.0. The fraction of sp³-hybridized carbons (Fsp3) is 0.267. The van der Waals surface area contributed by atoms with Crippen molar-refractivity contribution < 1.29 is 18.1 Å². The Morgan fingerprint density at radius 2 is 2.08 bits per heavy atom. The van der Waals surface area contributed by atoms with Gasteiger partial charge in [0, 0.05) is 24.7 Å². The van der Waals surface area contributed by atoms with E-state index in [1.54, 1.807) is 0 Å². The Morgan fingerprint density at radius 1 is 1.31 bits per heavy atom. The number of nitro benzene ring substituents is 1. The Morgan fingerprint density at radius 3 is 2.73 bits per heavy atom. The highest BCUT2D eigenvalue weighted by molar-refractivity contribution is 7.89. The number of nitro groups is 1. The average molecular weight is 396 g/mol. The van der Waals surface area contributed by atoms with Crippen molar-refractivity contribution in [2.45, 2.75) is 4.90 Å². The van der Waals surface area contributed by atoms with E-state index < -0.39 is 14.9 Å². The topological polar surface area (TPSA) is 114 Å². The predicted molar refractivity (Wildman–Crippen MR) is 98.2 cm³/mol. The zero-order valence-electron chi connectivity index (χ0n) is 13.6. The highest BCUT2D eigenvalue weighted by atomic mass is 32.2. The van der Waals surface area contributed by atoms with Crippen molar-refractivity contribution in [2.24, 2.45) is 5.10 Å². The molecule has 1 saturated heterocycles. The lowest BCUT2D eigenvalue weighted by Gasteiger charge is -2.26. The predicted octanol–water partition coefficient (Wildman–Crippen LogP) is 2.12. The van der Waals surface area contributed by atoms with Gasteiger partial charge in [-0.3, -0.25) is 15.5 Å². The number of sulfonamides is 1. The Kier molecular flexibility index (Phi) is 5.61. The lowest BCUT2D eigenvalue weighted by molar-refractivity contribution is -0.384. The van der Waals surface area contributed by atoms with Crippen molar-refractivity contribution in [3.63, 3.8) is 0 Å². The zero-order chi connectivity index (χ0) is 18.6. The van der Waals surface area contributed by atoms with E-state index in [1.165, 1.54) is 34.0 Å². The molecule has 0 radical (unpaired) electrons. The summed E-state index contributed by atoms with van der Waals surface area (Å²) in [5.41, 5.74) is 3.21. The van der Waals surface area contributed by atoms with Crippen LogP contribution in [0.25, 0.3) is 0 Å². The van der Waals surface area contributed by atoms with Crippen LogP contribution in [0.3, 0.4) is 0 Å². The van der Waals surface area contributed by atoms with Crippen LogP contribution in [0.1, 0.15) is 5.56 Å². The second-order valence-corrected chi connectivity index (χ2v) is 8.10. The number of ether oxygens (including phenoxy) is 1. The molecule has 1 aliphatic rings. The van der Waals surface area contributed by atoms with E-state index in [0.29, 0.717) is 13.2 Å². The highest BCUT2D eigenvalue weighted by Crippen LogP contribution is 2.29. The van der Waals surface area contributed by atoms with Crippen LogP contribution >= 0.6 is 11.3 Å². The minimum Gasteiger partial charge on any atom is -0.379 e. The molecular weight excluding hydrogens is 380 g/mol. The van der Waals surface area contributed by atoms with Gasteiger partial charge in [0.2, 0.25) is 10.0 Å². The minimum atomic E-state index is -3.81. The number of morpholine rings is 1. The number of hydrazone groups is 1. The van der Waals surface area contributed by atoms with Gasteiger partial charge < -0.3 is 4.74 Å². The smallest absolute Gasteiger partial charge is 0.295 e. The molecule has 2 heterocycles. The molecule has 0 bridgehead atoms. The van der Waals surface area contributed by atoms with Crippen LogP contribution in [0.2, 0.25) is 0 Å². The molecule has 0 saturated carbocycles. The SMILES string of the molecule is O=[N+]([O-])c1cc(S(=O)(=O)N2CCOCC2)ccc1N/N=C/c1ccsc1. The molecule has 1 fully saturated rings. The molecule has 1 N–H and O–H groups in total. The quantitative estimate of drug-likeness (QED) is 0.454. The number of hydrogen-bond donors (Lipinski definition) is 1. The summed E-state index contributed by atoms with van der Waals surface area (Å²) in [6.45, 7) is 1.05. The van der Waals surface area contributed by atoms with Gasteiger partial charge in [-0.1, -0.05) is 0 Å². The van der Waals surface area contributed by atoms with Crippen LogP contribution < -0.4 is 5.43 Å². The Bertz CT molecular complexity index is 906. The van der Waals surface area contributed by atoms with Crippen molar-refractivity contribution in [1.29, 1.82) is 0 Å². The minimum absolute atomic E-state index is 0.113. The van der Waals surface area contributed by atoms with E-state index in [-0.39, 0.29) is 29.4 Å². The molecule has 1 aliphatic heterocycles. The van der Waals surface area contributed by atoms with Gasteiger partial charge in [0.1, 0.15) is 5.69 Å². The van der Waals surface area contributed by atoms with Crippen LogP contribution in [0.5, 0.6) is 0 Å². The van der Waals surface area contributed by atoms with Crippen molar-refractivity contribution in [3.8, 4) is 0 Å². The van der Waals surface area contributed by atoms with E-state index in [9.17, 15) is 18.5 Å². The lowest BCUT2D eigenvalue weighted by Crippen LogP contribution is -2.40. The summed E-state index contributed by atoms with van der Waals surface area (Å²) in [5, 5.41) is 19.1. The first kappa shape index (κ1) is 18.5. The number of thiophene rings is 1. The molecule has 11 heteroatoms. The van der Waals surface area contributed by atoms with Crippen molar-refractivity contribution in [2.75, 3.05) is 31.7 Å². The number of nitrogens with zero attached hydrogens (tertiary/aromatic N) is 3. The zero-order valence-corrected chi connectivity index (χ0v) is 15.2. The normalized spacial score (nSPS) is 16.0. The van der Waals surface area contributed by atoms with Gasteiger partial charge in [0.25, 0.3) is 5.69 Å². The molecule has 2 aromatic rings. The summed E-state index contributed by atoms with van der Waals surface area (Å²) in [7, 11) is -3.81. The molecule has 0 spiro atoms. The summed E-state index contributed by atoms with van der Waals surface area (Å²) in [5.74, 6) is 0. The maximum Gasteiger partial charge on any atom is 0.295 e. The van der Waals surface area contributed by atoms with E-state index in [1.807, 2.05) is 16.8 Å². The van der Waals surface area contributed by atoms with Crippen molar-refractivity contribution in [3.05, 3.63) is 50.7 Å². The number of hydrogen-bond acceptors (Lipinski definition) is 8. The summed E-state index contributed by atoms with van der Waals surface area (Å²) in [6.07, 6.45) is 1.53. The van der Waals surface area contributed by atoms with Crippen molar-refractivity contribution >= 4 is 38.9 Å². The molecule has 3 rings (SSSR count). The van der Waals surface area contributed by atoms with Crippen LogP contribution in [-0.4, -0.2) is 50.2 Å². The third-order valence-corrected chi connectivity index (χ3v) is 6.31. The number of anilines is 1. The van der Waals surface area contributed by atoms with E-state index in [4.69, 9.17) is 4.74 Å². The number of nitrogens with one attached hydrogen (secondary N) is 1. The molecule has 1 aromatic heterocycles. The molecule has 1 aromatic carbocycles. The Labute approximate surface area is 154 Å². The number of rotatable bonds is 6. The summed E-state index contributed by atoms with van der Waals surface area (Å²) < 4.78 is 31.7. The van der Waals surface area contributed by atoms with E-state index >= 15 is 0 Å². The van der Waals surface area contributed by atoms with Crippen LogP contribution in [0.15, 0.2) is 45.0 Å². The van der Waals surface area contributed by atoms with Gasteiger partial charge >= 0.3 is 0 Å². The lowest BCUT2D eigenvalue weighted by atomic mass is 10.3. The maximum absolute atomic E-state index is 12.6. The van der Waals surface area contributed by atoms with Crippen molar-refractivity contribution in [1.82, 2.24) is 4.31 Å². The van der Waals surface area contributed by atoms with E-state index in [0.717, 1.165) is 11.6 Å². The van der Waals surface area contributed by atoms with Crippen LogP contribution in [0.4, 0.5) is 11.4 Å². The average Bonchev–Trinajstić information content (AvgIpc) is 3.16. The Hall–Kier alpha value is -2.34. The second-order valence-electron chi connectivity index (χ2n) is 5.38. The molecule has 26 heavy (non-hydrogen) atoms. The van der Waals surface area contributed by atoms with Gasteiger partial charge in [-0.15, -0.1) is 0 Å². The standard InChI is InChI=1S/C15H16N4O5S2/c20-19(21)15-9-13(26(22,23)18-4-6-24-7-5-18)1-2-14(15)17-16-10-12-3-8-25-11-12/h1-3,8-11,17H,4-7H2/b16-10+. The highest BCUT2D eigenvalue weighted by Gasteiger charge is 2.28. The van der Waals surface area contributed by atoms with E-state index in [2.05, 4.69) is 10.5 Å². The van der Waals surface area contributed by atoms with Crippen LogP contribution in [-0.2, 0) is 14.8 Å². The van der Waals surface area contributed by atoms with Gasteiger partial charge in [-0.2, -0.15) is 20.7 Å². The molecular formula is C15H16N4O5S2. The summed E-state index contributed by atoms with van der Waals surface area (Å²) in [4.78, 5) is 10.6. The maximum atomic E-state index is 12.6. The summed E-state index contributed by atoms with van der Waals surface area (Å²) in [6, 6.07) is 5.58. The number of benzene rings is 1. The van der Waals surface area contributed by atoms with Gasteiger partial charge in [-0.25, -0.2) is 8.42 Å². The van der Waals surface area contributed by atoms with Crippen LogP contribution in [0, 0.1) is 10.1 Å². The largest absolute Gasteiger partial charge is 0.379 e. The Balaban J connectivity index is 1.85. The fourth-order valence-corrected chi connectivity index (χ4v) is 4.42. The molecule has 0 amide bonds.